The van der Waals surface area contributed by atoms with Crippen LogP contribution in [0.5, 0.6) is 5.75 Å². The van der Waals surface area contributed by atoms with E-state index in [-0.39, 0.29) is 0 Å². The molecule has 4 rings (SSSR count). The molecule has 1 aromatic heterocycles. The molecule has 6 nitrogen and oxygen atoms in total. The van der Waals surface area contributed by atoms with Crippen molar-refractivity contribution in [2.45, 2.75) is 50.6 Å². The van der Waals surface area contributed by atoms with Gasteiger partial charge in [0.25, 0.3) is 0 Å². The van der Waals surface area contributed by atoms with E-state index in [0.29, 0.717) is 11.8 Å². The van der Waals surface area contributed by atoms with Gasteiger partial charge in [-0.3, -0.25) is 0 Å². The number of imidazole rings is 1. The molecule has 1 aromatic carbocycles. The van der Waals surface area contributed by atoms with Crippen LogP contribution in [0.4, 0.5) is 4.79 Å². The van der Waals surface area contributed by atoms with Crippen molar-refractivity contribution in [2.24, 2.45) is 0 Å². The molecule has 6 heteroatoms. The van der Waals surface area contributed by atoms with Gasteiger partial charge in [-0.05, 0) is 37.8 Å². The molecule has 1 aliphatic heterocycles. The Morgan fingerprint density at radius 3 is 2.58 bits per heavy atom. The Hall–Kier alpha value is -2.08. The van der Waals surface area contributed by atoms with Crippen LogP contribution in [0.25, 0.3) is 11.0 Å². The lowest BCUT2D eigenvalue weighted by Gasteiger charge is -2.36. The Balaban J connectivity index is 1.50. The molecule has 0 amide bonds. The van der Waals surface area contributed by atoms with E-state index >= 15 is 0 Å². The highest BCUT2D eigenvalue weighted by Crippen LogP contribution is 2.32. The summed E-state index contributed by atoms with van der Waals surface area (Å²) in [6, 6.07) is 6.46. The van der Waals surface area contributed by atoms with Gasteiger partial charge in [-0.15, -0.1) is 0 Å². The standard InChI is InChI=1S/C18H23N3O3/c22-18(23)24-15-5-6-16-17(11-15)21(12-19-16)14-7-9-20(10-8-14)13-3-1-2-4-13/h5-6,11-14H,1-4,7-10H2,(H,22,23). The first-order valence-electron chi connectivity index (χ1n) is 8.82. The number of benzene rings is 1. The summed E-state index contributed by atoms with van der Waals surface area (Å²) < 4.78 is 6.98. The topological polar surface area (TPSA) is 67.6 Å². The first-order chi connectivity index (χ1) is 11.7. The van der Waals surface area contributed by atoms with Crippen LogP contribution in [0, 0.1) is 0 Å². The SMILES string of the molecule is O=C(O)Oc1ccc2ncn(C3CCN(C4CCCC4)CC3)c2c1. The van der Waals surface area contributed by atoms with E-state index in [0.717, 1.165) is 43.0 Å². The molecule has 24 heavy (non-hydrogen) atoms. The highest BCUT2D eigenvalue weighted by Gasteiger charge is 2.28. The third kappa shape index (κ3) is 2.98. The van der Waals surface area contributed by atoms with Gasteiger partial charge in [0.05, 0.1) is 17.4 Å². The zero-order valence-corrected chi connectivity index (χ0v) is 13.7. The van der Waals surface area contributed by atoms with E-state index in [9.17, 15) is 4.79 Å². The number of carbonyl (C=O) groups is 1. The molecule has 1 saturated heterocycles. The Kier molecular flexibility index (Phi) is 4.14. The third-order valence-electron chi connectivity index (χ3n) is 5.48. The second-order valence-electron chi connectivity index (χ2n) is 6.88. The number of hydrogen-bond acceptors (Lipinski definition) is 4. The number of carboxylic acid groups (broad SMARTS) is 1. The van der Waals surface area contributed by atoms with Crippen LogP contribution < -0.4 is 4.74 Å². The second-order valence-corrected chi connectivity index (χ2v) is 6.88. The fourth-order valence-electron chi connectivity index (χ4n) is 4.26. The minimum atomic E-state index is -1.29. The zero-order valence-electron chi connectivity index (χ0n) is 13.7. The normalized spacial score (nSPS) is 20.7. The lowest BCUT2D eigenvalue weighted by molar-refractivity contribution is 0.137. The molecule has 1 N–H and O–H groups in total. The molecule has 2 aromatic rings. The molecule has 128 valence electrons. The molecular formula is C18H23N3O3. The monoisotopic (exact) mass is 329 g/mol. The average molecular weight is 329 g/mol. The van der Waals surface area contributed by atoms with Gasteiger partial charge in [0.2, 0.25) is 0 Å². The molecule has 1 aliphatic carbocycles. The van der Waals surface area contributed by atoms with Gasteiger partial charge in [-0.1, -0.05) is 12.8 Å². The molecule has 2 fully saturated rings. The molecule has 0 radical (unpaired) electrons. The first kappa shape index (κ1) is 15.4. The summed E-state index contributed by atoms with van der Waals surface area (Å²) in [5.41, 5.74) is 1.83. The van der Waals surface area contributed by atoms with Crippen molar-refractivity contribution in [2.75, 3.05) is 13.1 Å². The minimum absolute atomic E-state index is 0.347. The Morgan fingerprint density at radius 1 is 1.12 bits per heavy atom. The van der Waals surface area contributed by atoms with E-state index in [1.54, 1.807) is 12.1 Å². The fourth-order valence-corrected chi connectivity index (χ4v) is 4.26. The summed E-state index contributed by atoms with van der Waals surface area (Å²) in [5.74, 6) is 0.347. The van der Waals surface area contributed by atoms with Crippen molar-refractivity contribution in [3.8, 4) is 5.75 Å². The number of likely N-dealkylation sites (tertiary alicyclic amines) is 1. The van der Waals surface area contributed by atoms with Crippen molar-refractivity contribution in [1.82, 2.24) is 14.5 Å². The number of hydrogen-bond donors (Lipinski definition) is 1. The summed E-state index contributed by atoms with van der Waals surface area (Å²) in [4.78, 5) is 17.9. The van der Waals surface area contributed by atoms with Crippen LogP contribution in [0.1, 0.15) is 44.6 Å². The van der Waals surface area contributed by atoms with Gasteiger partial charge in [0.1, 0.15) is 5.75 Å². The molecule has 1 saturated carbocycles. The van der Waals surface area contributed by atoms with Gasteiger partial charge in [-0.2, -0.15) is 0 Å². The second kappa shape index (κ2) is 6.43. The molecule has 2 heterocycles. The van der Waals surface area contributed by atoms with Crippen molar-refractivity contribution in [3.05, 3.63) is 24.5 Å². The lowest BCUT2D eigenvalue weighted by Crippen LogP contribution is -2.40. The van der Waals surface area contributed by atoms with E-state index in [2.05, 4.69) is 14.5 Å². The number of ether oxygens (including phenoxy) is 1. The van der Waals surface area contributed by atoms with Gasteiger partial charge in [0, 0.05) is 31.2 Å². The van der Waals surface area contributed by atoms with Crippen molar-refractivity contribution < 1.29 is 14.6 Å². The van der Waals surface area contributed by atoms with E-state index in [1.165, 1.54) is 25.7 Å². The Labute approximate surface area is 141 Å². The fraction of sp³-hybridized carbons (Fsp3) is 0.556. The number of nitrogens with zero attached hydrogens (tertiary/aromatic N) is 3. The Morgan fingerprint density at radius 2 is 1.88 bits per heavy atom. The number of rotatable bonds is 3. The summed E-state index contributed by atoms with van der Waals surface area (Å²) in [6.45, 7) is 2.28. The minimum Gasteiger partial charge on any atom is -0.449 e. The van der Waals surface area contributed by atoms with Crippen LogP contribution in [-0.4, -0.2) is 44.8 Å². The van der Waals surface area contributed by atoms with Crippen LogP contribution in [-0.2, 0) is 0 Å². The van der Waals surface area contributed by atoms with E-state index < -0.39 is 6.16 Å². The van der Waals surface area contributed by atoms with Crippen LogP contribution in [0.15, 0.2) is 24.5 Å². The number of piperidine rings is 1. The summed E-state index contributed by atoms with van der Waals surface area (Å²) >= 11 is 0. The molecule has 0 atom stereocenters. The molecule has 0 bridgehead atoms. The molecular weight excluding hydrogens is 306 g/mol. The van der Waals surface area contributed by atoms with Gasteiger partial charge in [0.15, 0.2) is 0 Å². The van der Waals surface area contributed by atoms with Gasteiger partial charge in [-0.25, -0.2) is 9.78 Å². The largest absolute Gasteiger partial charge is 0.511 e. The Bertz CT molecular complexity index is 728. The maximum Gasteiger partial charge on any atom is 0.511 e. The predicted molar refractivity (Wildman–Crippen MR) is 90.5 cm³/mol. The molecule has 2 aliphatic rings. The summed E-state index contributed by atoms with van der Waals surface area (Å²) in [5, 5.41) is 8.79. The molecule has 0 spiro atoms. The van der Waals surface area contributed by atoms with Gasteiger partial charge >= 0.3 is 6.16 Å². The quantitative estimate of drug-likeness (QED) is 0.687. The van der Waals surface area contributed by atoms with E-state index in [4.69, 9.17) is 9.84 Å². The smallest absolute Gasteiger partial charge is 0.449 e. The lowest BCUT2D eigenvalue weighted by atomic mass is 10.0. The predicted octanol–water partition coefficient (Wildman–Crippen LogP) is 3.67. The highest BCUT2D eigenvalue weighted by atomic mass is 16.7. The zero-order chi connectivity index (χ0) is 16.5. The maximum absolute atomic E-state index is 10.7. The third-order valence-corrected chi connectivity index (χ3v) is 5.48. The highest BCUT2D eigenvalue weighted by molar-refractivity contribution is 5.78. The van der Waals surface area contributed by atoms with Gasteiger partial charge < -0.3 is 19.3 Å². The number of fused-ring (bicyclic) bond motifs is 1. The number of aromatic nitrogens is 2. The van der Waals surface area contributed by atoms with Crippen LogP contribution in [0.3, 0.4) is 0 Å². The van der Waals surface area contributed by atoms with Crippen molar-refractivity contribution in [3.63, 3.8) is 0 Å². The molecule has 0 unspecified atom stereocenters. The summed E-state index contributed by atoms with van der Waals surface area (Å²) in [6.07, 6.45) is 8.29. The van der Waals surface area contributed by atoms with E-state index in [1.807, 2.05) is 12.4 Å². The summed E-state index contributed by atoms with van der Waals surface area (Å²) in [7, 11) is 0. The van der Waals surface area contributed by atoms with Crippen molar-refractivity contribution in [1.29, 1.82) is 0 Å². The average Bonchev–Trinajstić information content (AvgIpc) is 3.24. The van der Waals surface area contributed by atoms with Crippen LogP contribution in [0.2, 0.25) is 0 Å². The maximum atomic E-state index is 10.7. The van der Waals surface area contributed by atoms with Crippen LogP contribution >= 0.6 is 0 Å². The van der Waals surface area contributed by atoms with Crippen molar-refractivity contribution >= 4 is 17.2 Å². The first-order valence-corrected chi connectivity index (χ1v) is 8.82.